The van der Waals surface area contributed by atoms with E-state index in [0.717, 1.165) is 22.9 Å². The van der Waals surface area contributed by atoms with E-state index in [1.807, 2.05) is 42.5 Å². The predicted octanol–water partition coefficient (Wildman–Crippen LogP) is 4.36. The van der Waals surface area contributed by atoms with Crippen molar-refractivity contribution in [3.8, 4) is 0 Å². The van der Waals surface area contributed by atoms with Gasteiger partial charge in [-0.05, 0) is 36.6 Å². The van der Waals surface area contributed by atoms with Crippen LogP contribution in [0.25, 0.3) is 10.9 Å². The minimum absolute atomic E-state index is 0.178. The molecule has 0 atom stereocenters. The number of benzene rings is 2. The highest BCUT2D eigenvalue weighted by atomic mass is 16.1. The zero-order chi connectivity index (χ0) is 14.7. The highest BCUT2D eigenvalue weighted by molar-refractivity contribution is 6.07. The molecule has 2 aromatic carbocycles. The summed E-state index contributed by atoms with van der Waals surface area (Å²) in [4.78, 5) is 16.8. The van der Waals surface area contributed by atoms with Crippen LogP contribution in [0.4, 0.5) is 0 Å². The first-order valence-corrected chi connectivity index (χ1v) is 7.17. The number of Topliss-reactive ketones (excluding diaryl/α,β-unsaturated/α-hetero) is 1. The second-order valence-electron chi connectivity index (χ2n) is 5.23. The fourth-order valence-electron chi connectivity index (χ4n) is 2.62. The molecule has 104 valence electrons. The fraction of sp³-hybridized carbons (Fsp3) is 0.158. The van der Waals surface area contributed by atoms with Crippen LogP contribution in [0, 0.1) is 6.92 Å². The summed E-state index contributed by atoms with van der Waals surface area (Å²) < 4.78 is 0. The van der Waals surface area contributed by atoms with Crippen LogP contribution >= 0.6 is 0 Å². The van der Waals surface area contributed by atoms with Crippen LogP contribution in [0.1, 0.15) is 27.9 Å². The lowest BCUT2D eigenvalue weighted by molar-refractivity contribution is 0.0984. The van der Waals surface area contributed by atoms with Gasteiger partial charge in [-0.1, -0.05) is 42.5 Å². The summed E-state index contributed by atoms with van der Waals surface area (Å²) in [5.41, 5.74) is 4.13. The van der Waals surface area contributed by atoms with E-state index >= 15 is 0 Å². The molecule has 0 unspecified atom stereocenters. The van der Waals surface area contributed by atoms with Gasteiger partial charge in [0.2, 0.25) is 0 Å². The number of hydrogen-bond donors (Lipinski definition) is 0. The van der Waals surface area contributed by atoms with Crippen molar-refractivity contribution in [2.75, 3.05) is 0 Å². The topological polar surface area (TPSA) is 30.0 Å². The van der Waals surface area contributed by atoms with Gasteiger partial charge in [-0.2, -0.15) is 0 Å². The first-order chi connectivity index (χ1) is 10.3. The third-order valence-corrected chi connectivity index (χ3v) is 3.83. The summed E-state index contributed by atoms with van der Waals surface area (Å²) in [5.74, 6) is 0.178. The van der Waals surface area contributed by atoms with Crippen LogP contribution in [0.5, 0.6) is 0 Å². The number of nitrogens with zero attached hydrogens (tertiary/aromatic N) is 1. The van der Waals surface area contributed by atoms with Gasteiger partial charge in [0.05, 0.1) is 5.52 Å². The Balaban J connectivity index is 1.83. The van der Waals surface area contributed by atoms with Crippen LogP contribution < -0.4 is 0 Å². The molecule has 1 aromatic heterocycles. The Hall–Kier alpha value is -2.48. The summed E-state index contributed by atoms with van der Waals surface area (Å²) in [6, 6.07) is 17.8. The lowest BCUT2D eigenvalue weighted by Gasteiger charge is -2.07. The van der Waals surface area contributed by atoms with E-state index in [9.17, 15) is 4.79 Å². The number of carbonyl (C=O) groups excluding carboxylic acids is 1. The Bertz CT molecular complexity index is 787. The summed E-state index contributed by atoms with van der Waals surface area (Å²) in [5, 5.41) is 0.940. The first kappa shape index (κ1) is 13.5. The maximum absolute atomic E-state index is 12.5. The second kappa shape index (κ2) is 5.88. The van der Waals surface area contributed by atoms with Crippen LogP contribution in [0.15, 0.2) is 60.8 Å². The maximum Gasteiger partial charge on any atom is 0.163 e. The number of fused-ring (bicyclic) bond motifs is 1. The molecular weight excluding hydrogens is 258 g/mol. The Morgan fingerprint density at radius 1 is 1.00 bits per heavy atom. The number of carbonyl (C=O) groups is 1. The minimum Gasteiger partial charge on any atom is -0.294 e. The fourth-order valence-corrected chi connectivity index (χ4v) is 2.62. The molecule has 0 bridgehead atoms. The van der Waals surface area contributed by atoms with E-state index in [4.69, 9.17) is 0 Å². The molecule has 0 amide bonds. The molecule has 3 rings (SSSR count). The molecule has 0 aliphatic carbocycles. The van der Waals surface area contributed by atoms with Gasteiger partial charge in [0.25, 0.3) is 0 Å². The lowest BCUT2D eigenvalue weighted by atomic mass is 9.97. The van der Waals surface area contributed by atoms with Gasteiger partial charge < -0.3 is 0 Å². The number of hydrogen-bond acceptors (Lipinski definition) is 2. The van der Waals surface area contributed by atoms with Crippen LogP contribution in [0.2, 0.25) is 0 Å². The molecule has 1 heterocycles. The molecule has 0 radical (unpaired) electrons. The number of ketones is 1. The zero-order valence-electron chi connectivity index (χ0n) is 12.0. The molecule has 21 heavy (non-hydrogen) atoms. The number of aryl methyl sites for hydroxylation is 2. The van der Waals surface area contributed by atoms with E-state index in [0.29, 0.717) is 6.42 Å². The maximum atomic E-state index is 12.5. The second-order valence-corrected chi connectivity index (χ2v) is 5.23. The molecule has 0 saturated carbocycles. The average molecular weight is 275 g/mol. The third kappa shape index (κ3) is 2.84. The van der Waals surface area contributed by atoms with E-state index < -0.39 is 0 Å². The Morgan fingerprint density at radius 3 is 2.71 bits per heavy atom. The van der Waals surface area contributed by atoms with Crippen molar-refractivity contribution in [1.82, 2.24) is 4.98 Å². The molecule has 3 aromatic rings. The molecule has 0 fully saturated rings. The quantitative estimate of drug-likeness (QED) is 0.662. The van der Waals surface area contributed by atoms with Crippen molar-refractivity contribution in [1.29, 1.82) is 0 Å². The highest BCUT2D eigenvalue weighted by Crippen LogP contribution is 2.19. The largest absolute Gasteiger partial charge is 0.294 e. The van der Waals surface area contributed by atoms with E-state index in [1.165, 1.54) is 11.1 Å². The molecule has 0 aliphatic rings. The summed E-state index contributed by atoms with van der Waals surface area (Å²) in [7, 11) is 0. The van der Waals surface area contributed by atoms with E-state index in [-0.39, 0.29) is 5.78 Å². The average Bonchev–Trinajstić information content (AvgIpc) is 2.53. The van der Waals surface area contributed by atoms with Gasteiger partial charge >= 0.3 is 0 Å². The zero-order valence-corrected chi connectivity index (χ0v) is 12.0. The molecule has 2 heteroatoms. The van der Waals surface area contributed by atoms with Crippen molar-refractivity contribution < 1.29 is 4.79 Å². The molecule has 0 saturated heterocycles. The smallest absolute Gasteiger partial charge is 0.163 e. The van der Waals surface area contributed by atoms with Gasteiger partial charge in [-0.25, -0.2) is 0 Å². The van der Waals surface area contributed by atoms with Gasteiger partial charge in [0, 0.05) is 23.6 Å². The molecule has 2 nitrogen and oxygen atoms in total. The Kier molecular flexibility index (Phi) is 3.78. The van der Waals surface area contributed by atoms with Crippen molar-refractivity contribution in [2.24, 2.45) is 0 Å². The normalized spacial score (nSPS) is 10.7. The van der Waals surface area contributed by atoms with Crippen LogP contribution in [-0.2, 0) is 6.42 Å². The minimum atomic E-state index is 0.178. The number of pyridine rings is 1. The summed E-state index contributed by atoms with van der Waals surface area (Å²) in [6.45, 7) is 2.08. The van der Waals surface area contributed by atoms with Crippen LogP contribution in [-0.4, -0.2) is 10.8 Å². The standard InChI is InChI=1S/C19H17NO/c1-14-6-2-3-7-15(14)11-12-19(21)17-8-4-10-18-16(17)9-5-13-20-18/h2-10,13H,11-12H2,1H3. The Labute approximate surface area is 124 Å². The molecule has 0 aliphatic heterocycles. The molecular formula is C19H17NO. The predicted molar refractivity (Wildman–Crippen MR) is 85.6 cm³/mol. The van der Waals surface area contributed by atoms with Gasteiger partial charge in [-0.15, -0.1) is 0 Å². The van der Waals surface area contributed by atoms with Crippen LogP contribution in [0.3, 0.4) is 0 Å². The van der Waals surface area contributed by atoms with E-state index in [2.05, 4.69) is 24.0 Å². The number of rotatable bonds is 4. The van der Waals surface area contributed by atoms with Crippen molar-refractivity contribution in [3.05, 3.63) is 77.5 Å². The van der Waals surface area contributed by atoms with Crippen molar-refractivity contribution >= 4 is 16.7 Å². The van der Waals surface area contributed by atoms with Crippen molar-refractivity contribution in [2.45, 2.75) is 19.8 Å². The highest BCUT2D eigenvalue weighted by Gasteiger charge is 2.10. The third-order valence-electron chi connectivity index (χ3n) is 3.83. The Morgan fingerprint density at radius 2 is 1.86 bits per heavy atom. The van der Waals surface area contributed by atoms with Gasteiger partial charge in [0.1, 0.15) is 0 Å². The SMILES string of the molecule is Cc1ccccc1CCC(=O)c1cccc2ncccc12. The van der Waals surface area contributed by atoms with Crippen molar-refractivity contribution in [3.63, 3.8) is 0 Å². The molecule has 0 N–H and O–H groups in total. The first-order valence-electron chi connectivity index (χ1n) is 7.17. The lowest BCUT2D eigenvalue weighted by Crippen LogP contribution is -2.03. The summed E-state index contributed by atoms with van der Waals surface area (Å²) in [6.07, 6.45) is 3.06. The summed E-state index contributed by atoms with van der Waals surface area (Å²) >= 11 is 0. The molecule has 0 spiro atoms. The van der Waals surface area contributed by atoms with Gasteiger partial charge in [-0.3, -0.25) is 9.78 Å². The van der Waals surface area contributed by atoms with E-state index in [1.54, 1.807) is 6.20 Å². The monoisotopic (exact) mass is 275 g/mol. The van der Waals surface area contributed by atoms with Gasteiger partial charge in [0.15, 0.2) is 5.78 Å². The number of aromatic nitrogens is 1.